The van der Waals surface area contributed by atoms with Crippen LogP contribution in [0.4, 0.5) is 10.7 Å². The van der Waals surface area contributed by atoms with Crippen molar-refractivity contribution in [3.8, 4) is 6.07 Å². The largest absolute Gasteiger partial charge is 0.325 e. The Hall–Kier alpha value is -2.69. The monoisotopic (exact) mass is 424 g/mol. The molecule has 7 heteroatoms. The Morgan fingerprint density at radius 1 is 1.23 bits per heavy atom. The summed E-state index contributed by atoms with van der Waals surface area (Å²) in [5.41, 5.74) is 3.58. The van der Waals surface area contributed by atoms with Crippen LogP contribution in [0.2, 0.25) is 0 Å². The third-order valence-electron chi connectivity index (χ3n) is 5.38. The second-order valence-corrected chi connectivity index (χ2v) is 9.05. The maximum atomic E-state index is 12.5. The van der Waals surface area contributed by atoms with Crippen molar-refractivity contribution < 1.29 is 9.59 Å². The molecule has 1 heterocycles. The fraction of sp³-hybridized carbons (Fsp3) is 0.435. The molecule has 30 heavy (non-hydrogen) atoms. The van der Waals surface area contributed by atoms with Crippen LogP contribution in [-0.4, -0.2) is 36.9 Å². The third-order valence-corrected chi connectivity index (χ3v) is 6.55. The van der Waals surface area contributed by atoms with E-state index >= 15 is 0 Å². The molecule has 2 aromatic rings. The number of amides is 2. The maximum absolute atomic E-state index is 12.5. The van der Waals surface area contributed by atoms with Crippen molar-refractivity contribution in [2.24, 2.45) is 5.92 Å². The molecule has 158 valence electrons. The van der Waals surface area contributed by atoms with Crippen LogP contribution in [0.5, 0.6) is 0 Å². The molecule has 0 radical (unpaired) electrons. The van der Waals surface area contributed by atoms with E-state index in [1.54, 1.807) is 11.9 Å². The van der Waals surface area contributed by atoms with E-state index in [4.69, 9.17) is 0 Å². The molecule has 0 unspecified atom stereocenters. The van der Waals surface area contributed by atoms with Crippen LogP contribution in [-0.2, 0) is 28.9 Å². The number of likely N-dealkylation sites (N-methyl/N-ethyl adjacent to an activating group) is 1. The minimum absolute atomic E-state index is 0.0761. The Kier molecular flexibility index (Phi) is 7.24. The van der Waals surface area contributed by atoms with Gasteiger partial charge in [-0.2, -0.15) is 5.26 Å². The molecule has 1 aromatic carbocycles. The van der Waals surface area contributed by atoms with Gasteiger partial charge in [-0.05, 0) is 55.8 Å². The number of carbonyl (C=O) groups is 2. The average molecular weight is 425 g/mol. The highest BCUT2D eigenvalue weighted by Crippen LogP contribution is 2.39. The summed E-state index contributed by atoms with van der Waals surface area (Å²) in [7, 11) is 1.73. The number of hydrogen-bond donors (Lipinski definition) is 2. The van der Waals surface area contributed by atoms with Crippen LogP contribution >= 0.6 is 11.3 Å². The Morgan fingerprint density at radius 3 is 2.63 bits per heavy atom. The van der Waals surface area contributed by atoms with E-state index in [9.17, 15) is 14.9 Å². The van der Waals surface area contributed by atoms with E-state index in [-0.39, 0.29) is 24.9 Å². The van der Waals surface area contributed by atoms with E-state index in [0.717, 1.165) is 42.5 Å². The Balaban J connectivity index is 1.56. The van der Waals surface area contributed by atoms with Gasteiger partial charge < -0.3 is 10.6 Å². The van der Waals surface area contributed by atoms with Gasteiger partial charge in [-0.3, -0.25) is 14.5 Å². The lowest BCUT2D eigenvalue weighted by molar-refractivity contribution is -0.119. The number of anilines is 2. The van der Waals surface area contributed by atoms with Crippen molar-refractivity contribution in [3.05, 3.63) is 45.8 Å². The molecule has 6 nitrogen and oxygen atoms in total. The Labute approximate surface area is 181 Å². The van der Waals surface area contributed by atoms with Crippen molar-refractivity contribution in [1.82, 2.24) is 4.90 Å². The number of aryl methyl sites for hydroxylation is 1. The number of hydrogen-bond acceptors (Lipinski definition) is 5. The standard InChI is InChI=1S/C23H28N4O2S/c1-4-16-7-5-6-8-19(16)25-21(28)13-27(3)14-22(29)26-23-18(12-24)17-10-9-15(2)11-20(17)30-23/h5-8,15H,4,9-11,13-14H2,1-3H3,(H,25,28)(H,26,29)/t15-/m0/s1. The summed E-state index contributed by atoms with van der Waals surface area (Å²) in [6, 6.07) is 9.97. The van der Waals surface area contributed by atoms with Crippen molar-refractivity contribution in [2.45, 2.75) is 39.5 Å². The average Bonchev–Trinajstić information content (AvgIpc) is 3.03. The molecular formula is C23H28N4O2S. The first-order valence-corrected chi connectivity index (χ1v) is 11.1. The lowest BCUT2D eigenvalue weighted by atomic mass is 9.89. The maximum Gasteiger partial charge on any atom is 0.239 e. The summed E-state index contributed by atoms with van der Waals surface area (Å²) in [4.78, 5) is 27.8. The lowest BCUT2D eigenvalue weighted by Gasteiger charge is -2.17. The quantitative estimate of drug-likeness (QED) is 0.708. The van der Waals surface area contributed by atoms with Crippen molar-refractivity contribution in [2.75, 3.05) is 30.8 Å². The van der Waals surface area contributed by atoms with E-state index in [2.05, 4.69) is 23.6 Å². The predicted molar refractivity (Wildman–Crippen MR) is 121 cm³/mol. The molecule has 0 saturated carbocycles. The van der Waals surface area contributed by atoms with Crippen molar-refractivity contribution in [3.63, 3.8) is 0 Å². The zero-order valence-corrected chi connectivity index (χ0v) is 18.6. The van der Waals surface area contributed by atoms with Gasteiger partial charge in [-0.1, -0.05) is 32.0 Å². The number of thiophene rings is 1. The predicted octanol–water partition coefficient (Wildman–Crippen LogP) is 3.82. The van der Waals surface area contributed by atoms with E-state index in [1.165, 1.54) is 16.2 Å². The topological polar surface area (TPSA) is 85.2 Å². The smallest absolute Gasteiger partial charge is 0.239 e. The van der Waals surface area contributed by atoms with Crippen LogP contribution < -0.4 is 10.6 Å². The molecule has 2 amide bonds. The van der Waals surface area contributed by atoms with Gasteiger partial charge >= 0.3 is 0 Å². The number of nitrogens with zero attached hydrogens (tertiary/aromatic N) is 2. The summed E-state index contributed by atoms with van der Waals surface area (Å²) in [5.74, 6) is 0.223. The normalized spacial score (nSPS) is 15.4. The van der Waals surface area contributed by atoms with Gasteiger partial charge in [-0.15, -0.1) is 11.3 Å². The first-order valence-electron chi connectivity index (χ1n) is 10.3. The third kappa shape index (κ3) is 5.26. The zero-order valence-electron chi connectivity index (χ0n) is 17.7. The zero-order chi connectivity index (χ0) is 21.7. The fourth-order valence-corrected chi connectivity index (χ4v) is 5.19. The fourth-order valence-electron chi connectivity index (χ4n) is 3.81. The van der Waals surface area contributed by atoms with Gasteiger partial charge in [-0.25, -0.2) is 0 Å². The van der Waals surface area contributed by atoms with Gasteiger partial charge in [0.25, 0.3) is 0 Å². The van der Waals surface area contributed by atoms with Gasteiger partial charge in [0.15, 0.2) is 0 Å². The molecule has 0 spiro atoms. The summed E-state index contributed by atoms with van der Waals surface area (Å²) < 4.78 is 0. The Morgan fingerprint density at radius 2 is 1.93 bits per heavy atom. The lowest BCUT2D eigenvalue weighted by Crippen LogP contribution is -2.36. The molecule has 0 saturated heterocycles. The second kappa shape index (κ2) is 9.88. The molecule has 0 aliphatic heterocycles. The second-order valence-electron chi connectivity index (χ2n) is 7.95. The van der Waals surface area contributed by atoms with Crippen LogP contribution in [0.3, 0.4) is 0 Å². The van der Waals surface area contributed by atoms with Gasteiger partial charge in [0, 0.05) is 10.6 Å². The first-order chi connectivity index (χ1) is 14.4. The summed E-state index contributed by atoms with van der Waals surface area (Å²) in [5, 5.41) is 16.0. The summed E-state index contributed by atoms with van der Waals surface area (Å²) in [6.07, 6.45) is 3.76. The van der Waals surface area contributed by atoms with Crippen LogP contribution in [0.1, 0.15) is 41.8 Å². The molecule has 3 rings (SSSR count). The SMILES string of the molecule is CCc1ccccc1NC(=O)CN(C)CC(=O)Nc1sc2c(c1C#N)CC[C@H](C)C2. The van der Waals surface area contributed by atoms with Crippen molar-refractivity contribution >= 4 is 33.8 Å². The molecule has 0 fully saturated rings. The highest BCUT2D eigenvalue weighted by molar-refractivity contribution is 7.16. The number of nitrogens with one attached hydrogen (secondary N) is 2. The number of nitriles is 1. The van der Waals surface area contributed by atoms with E-state index in [0.29, 0.717) is 16.5 Å². The number of rotatable bonds is 7. The van der Waals surface area contributed by atoms with Crippen molar-refractivity contribution in [1.29, 1.82) is 5.26 Å². The molecule has 2 N–H and O–H groups in total. The number of fused-ring (bicyclic) bond motifs is 1. The molecule has 0 bridgehead atoms. The molecule has 1 aliphatic carbocycles. The minimum Gasteiger partial charge on any atom is -0.325 e. The van der Waals surface area contributed by atoms with Crippen LogP contribution in [0, 0.1) is 17.2 Å². The first kappa shape index (κ1) is 22.0. The molecule has 1 aromatic heterocycles. The molecule has 1 atom stereocenters. The number of para-hydroxylation sites is 1. The summed E-state index contributed by atoms with van der Waals surface area (Å²) in [6.45, 7) is 4.44. The number of benzene rings is 1. The number of carbonyl (C=O) groups excluding carboxylic acids is 2. The molecular weight excluding hydrogens is 396 g/mol. The summed E-state index contributed by atoms with van der Waals surface area (Å²) >= 11 is 1.51. The van der Waals surface area contributed by atoms with Crippen LogP contribution in [0.25, 0.3) is 0 Å². The van der Waals surface area contributed by atoms with Crippen LogP contribution in [0.15, 0.2) is 24.3 Å². The Bertz CT molecular complexity index is 976. The van der Waals surface area contributed by atoms with Gasteiger partial charge in [0.2, 0.25) is 11.8 Å². The van der Waals surface area contributed by atoms with E-state index in [1.807, 2.05) is 31.2 Å². The highest BCUT2D eigenvalue weighted by Gasteiger charge is 2.25. The molecule has 1 aliphatic rings. The minimum atomic E-state index is -0.220. The van der Waals surface area contributed by atoms with Gasteiger partial charge in [0.1, 0.15) is 11.1 Å². The van der Waals surface area contributed by atoms with E-state index < -0.39 is 0 Å². The highest BCUT2D eigenvalue weighted by atomic mass is 32.1. The van der Waals surface area contributed by atoms with Gasteiger partial charge in [0.05, 0.1) is 18.7 Å².